The van der Waals surface area contributed by atoms with Crippen LogP contribution in [0.1, 0.15) is 30.4 Å². The quantitative estimate of drug-likeness (QED) is 0.794. The molecule has 4 rings (SSSR count). The first-order valence-corrected chi connectivity index (χ1v) is 9.00. The molecule has 4 nitrogen and oxygen atoms in total. The number of hydrogen-bond donors (Lipinski definition) is 0. The van der Waals surface area contributed by atoms with E-state index in [1.165, 1.54) is 12.1 Å². The summed E-state index contributed by atoms with van der Waals surface area (Å²) in [5, 5.41) is 4.12. The summed E-state index contributed by atoms with van der Waals surface area (Å²) >= 11 is 0. The number of amides is 1. The van der Waals surface area contributed by atoms with E-state index in [1.54, 1.807) is 6.07 Å². The Kier molecular flexibility index (Phi) is 4.69. The Bertz CT molecular complexity index is 818. The minimum absolute atomic E-state index is 0.156. The number of rotatable bonds is 6. The van der Waals surface area contributed by atoms with E-state index in [2.05, 4.69) is 5.16 Å². The summed E-state index contributed by atoms with van der Waals surface area (Å²) in [5.74, 6) is 0.0589. The number of nitrogens with zero attached hydrogens (tertiary/aromatic N) is 2. The van der Waals surface area contributed by atoms with Gasteiger partial charge in [0, 0.05) is 24.4 Å². The van der Waals surface area contributed by atoms with Crippen molar-refractivity contribution < 1.29 is 14.0 Å². The minimum atomic E-state index is -0.289. The molecule has 2 aromatic carbocycles. The zero-order valence-electron chi connectivity index (χ0n) is 14.5. The Morgan fingerprint density at radius 1 is 1.15 bits per heavy atom. The van der Waals surface area contributed by atoms with E-state index in [0.717, 1.165) is 29.7 Å². The molecule has 1 fully saturated rings. The highest BCUT2D eigenvalue weighted by molar-refractivity contribution is 6.01. The van der Waals surface area contributed by atoms with Crippen molar-refractivity contribution in [2.24, 2.45) is 11.1 Å². The van der Waals surface area contributed by atoms with Crippen molar-refractivity contribution in [3.05, 3.63) is 71.5 Å². The molecule has 0 saturated heterocycles. The smallest absolute Gasteiger partial charge is 0.226 e. The maximum Gasteiger partial charge on any atom is 0.226 e. The van der Waals surface area contributed by atoms with Gasteiger partial charge in [-0.05, 0) is 30.5 Å². The number of benzene rings is 2. The largest absolute Gasteiger partial charge is 0.390 e. The monoisotopic (exact) mass is 352 g/mol. The Labute approximate surface area is 152 Å². The van der Waals surface area contributed by atoms with Crippen molar-refractivity contribution in [2.75, 3.05) is 6.54 Å². The lowest BCUT2D eigenvalue weighted by Crippen LogP contribution is -2.38. The van der Waals surface area contributed by atoms with Gasteiger partial charge in [0.15, 0.2) is 6.10 Å². The van der Waals surface area contributed by atoms with Gasteiger partial charge in [0.05, 0.1) is 12.3 Å². The molecule has 0 spiro atoms. The number of carbonyl (C=O) groups is 1. The molecule has 0 aromatic heterocycles. The highest BCUT2D eigenvalue weighted by atomic mass is 19.1. The van der Waals surface area contributed by atoms with Gasteiger partial charge in [-0.15, -0.1) is 0 Å². The average molecular weight is 352 g/mol. The Balaban J connectivity index is 1.42. The van der Waals surface area contributed by atoms with E-state index in [-0.39, 0.29) is 23.7 Å². The zero-order valence-corrected chi connectivity index (χ0v) is 14.5. The molecule has 0 bridgehead atoms. The summed E-state index contributed by atoms with van der Waals surface area (Å²) in [6, 6.07) is 16.3. The third-order valence-corrected chi connectivity index (χ3v) is 4.77. The molecule has 1 aliphatic carbocycles. The molecule has 2 aliphatic rings. The van der Waals surface area contributed by atoms with Crippen molar-refractivity contribution in [1.29, 1.82) is 0 Å². The Hall–Kier alpha value is -2.69. The summed E-state index contributed by atoms with van der Waals surface area (Å²) in [7, 11) is 0. The minimum Gasteiger partial charge on any atom is -0.390 e. The van der Waals surface area contributed by atoms with E-state index in [9.17, 15) is 9.18 Å². The summed E-state index contributed by atoms with van der Waals surface area (Å²) in [6.07, 6.45) is 2.33. The van der Waals surface area contributed by atoms with Crippen molar-refractivity contribution in [3.8, 4) is 0 Å². The molecule has 1 aliphatic heterocycles. The fourth-order valence-corrected chi connectivity index (χ4v) is 3.24. The molecule has 1 saturated carbocycles. The highest BCUT2D eigenvalue weighted by Gasteiger charge is 2.35. The van der Waals surface area contributed by atoms with Crippen LogP contribution in [0.15, 0.2) is 59.8 Å². The number of carbonyl (C=O) groups excluding carboxylic acids is 1. The second-order valence-electron chi connectivity index (χ2n) is 6.96. The summed E-state index contributed by atoms with van der Waals surface area (Å²) in [4.78, 5) is 20.1. The second kappa shape index (κ2) is 7.28. The van der Waals surface area contributed by atoms with Crippen molar-refractivity contribution in [1.82, 2.24) is 4.90 Å². The number of halogens is 1. The predicted molar refractivity (Wildman–Crippen MR) is 97.0 cm³/mol. The summed E-state index contributed by atoms with van der Waals surface area (Å²) in [5.41, 5.74) is 2.56. The normalized spacial score (nSPS) is 19.0. The molecule has 26 heavy (non-hydrogen) atoms. The standard InChI is InChI=1S/C21H21FN2O2/c22-18-8-4-7-17(11-18)20-12-19(26-23-20)14-24(21(25)16-9-10-16)13-15-5-2-1-3-6-15/h1-8,11,16,19H,9-10,12-14H2. The molecule has 2 aromatic rings. The lowest BCUT2D eigenvalue weighted by molar-refractivity contribution is -0.135. The van der Waals surface area contributed by atoms with Crippen LogP contribution in [0.2, 0.25) is 0 Å². The van der Waals surface area contributed by atoms with Crippen LogP contribution in [0.25, 0.3) is 0 Å². The van der Waals surface area contributed by atoms with Crippen molar-refractivity contribution in [3.63, 3.8) is 0 Å². The van der Waals surface area contributed by atoms with E-state index in [4.69, 9.17) is 4.84 Å². The first-order valence-electron chi connectivity index (χ1n) is 9.00. The third kappa shape index (κ3) is 3.93. The lowest BCUT2D eigenvalue weighted by Gasteiger charge is -2.25. The molecular formula is C21H21FN2O2. The van der Waals surface area contributed by atoms with Gasteiger partial charge >= 0.3 is 0 Å². The molecule has 1 heterocycles. The van der Waals surface area contributed by atoms with Crippen LogP contribution in [-0.2, 0) is 16.2 Å². The molecule has 1 atom stereocenters. The molecule has 0 radical (unpaired) electrons. The zero-order chi connectivity index (χ0) is 17.9. The average Bonchev–Trinajstić information content (AvgIpc) is 3.40. The van der Waals surface area contributed by atoms with Crippen LogP contribution < -0.4 is 0 Å². The molecular weight excluding hydrogens is 331 g/mol. The molecule has 5 heteroatoms. The van der Waals surface area contributed by atoms with Gasteiger partial charge in [0.2, 0.25) is 5.91 Å². The fourth-order valence-electron chi connectivity index (χ4n) is 3.24. The molecule has 1 unspecified atom stereocenters. The van der Waals surface area contributed by atoms with Crippen LogP contribution >= 0.6 is 0 Å². The van der Waals surface area contributed by atoms with Gasteiger partial charge in [-0.25, -0.2) is 4.39 Å². The highest BCUT2D eigenvalue weighted by Crippen LogP contribution is 2.32. The van der Waals surface area contributed by atoms with Crippen LogP contribution in [0.3, 0.4) is 0 Å². The van der Waals surface area contributed by atoms with Gasteiger partial charge in [-0.3, -0.25) is 4.79 Å². The van der Waals surface area contributed by atoms with Crippen LogP contribution in [0, 0.1) is 11.7 Å². The maximum absolute atomic E-state index is 13.4. The number of hydrogen-bond acceptors (Lipinski definition) is 3. The van der Waals surface area contributed by atoms with Crippen molar-refractivity contribution >= 4 is 11.6 Å². The third-order valence-electron chi connectivity index (χ3n) is 4.77. The lowest BCUT2D eigenvalue weighted by atomic mass is 10.0. The van der Waals surface area contributed by atoms with E-state index in [0.29, 0.717) is 19.5 Å². The van der Waals surface area contributed by atoms with Crippen LogP contribution in [0.4, 0.5) is 4.39 Å². The van der Waals surface area contributed by atoms with E-state index >= 15 is 0 Å². The van der Waals surface area contributed by atoms with Gasteiger partial charge in [0.1, 0.15) is 5.82 Å². The first-order chi connectivity index (χ1) is 12.7. The van der Waals surface area contributed by atoms with Gasteiger partial charge in [0.25, 0.3) is 0 Å². The second-order valence-corrected chi connectivity index (χ2v) is 6.96. The predicted octanol–water partition coefficient (Wildman–Crippen LogP) is 3.76. The van der Waals surface area contributed by atoms with Gasteiger partial charge < -0.3 is 9.74 Å². The van der Waals surface area contributed by atoms with Crippen LogP contribution in [-0.4, -0.2) is 29.2 Å². The fraction of sp³-hybridized carbons (Fsp3) is 0.333. The van der Waals surface area contributed by atoms with Crippen LogP contribution in [0.5, 0.6) is 0 Å². The number of oxime groups is 1. The molecule has 134 valence electrons. The molecule has 1 amide bonds. The first kappa shape index (κ1) is 16.8. The SMILES string of the molecule is O=C(C1CC1)N(Cc1ccccc1)CC1CC(c2cccc(F)c2)=NO1. The molecule has 0 N–H and O–H groups in total. The maximum atomic E-state index is 13.4. The van der Waals surface area contributed by atoms with Gasteiger partial charge in [-0.2, -0.15) is 0 Å². The Morgan fingerprint density at radius 3 is 2.69 bits per heavy atom. The van der Waals surface area contributed by atoms with Crippen molar-refractivity contribution in [2.45, 2.75) is 31.9 Å². The van der Waals surface area contributed by atoms with E-state index < -0.39 is 0 Å². The van der Waals surface area contributed by atoms with E-state index in [1.807, 2.05) is 41.3 Å². The topological polar surface area (TPSA) is 41.9 Å². The Morgan fingerprint density at radius 2 is 1.96 bits per heavy atom. The summed E-state index contributed by atoms with van der Waals surface area (Å²) in [6.45, 7) is 1.07. The van der Waals surface area contributed by atoms with Gasteiger partial charge in [-0.1, -0.05) is 47.6 Å². The summed E-state index contributed by atoms with van der Waals surface area (Å²) < 4.78 is 13.4.